The zero-order valence-electron chi connectivity index (χ0n) is 10.5. The van der Waals surface area contributed by atoms with Crippen LogP contribution in [0.5, 0.6) is 0 Å². The smallest absolute Gasteiger partial charge is 0.257 e. The molecule has 0 aliphatic carbocycles. The van der Waals surface area contributed by atoms with E-state index >= 15 is 0 Å². The highest BCUT2D eigenvalue weighted by Gasteiger charge is 2.13. The molecule has 0 aliphatic rings. The molecule has 0 aliphatic heterocycles. The van der Waals surface area contributed by atoms with Crippen LogP contribution in [0.15, 0.2) is 18.5 Å². The van der Waals surface area contributed by atoms with Crippen molar-refractivity contribution < 1.29 is 4.79 Å². The average Bonchev–Trinajstić information content (AvgIpc) is 2.90. The summed E-state index contributed by atoms with van der Waals surface area (Å²) in [5, 5.41) is 9.36. The first kappa shape index (κ1) is 12.7. The number of carbonyl (C=O) groups excluding carboxylic acids is 1. The predicted molar refractivity (Wildman–Crippen MR) is 68.5 cm³/mol. The molecule has 9 nitrogen and oxygen atoms in total. The number of nitrogens with one attached hydrogen (secondary N) is 2. The Labute approximate surface area is 109 Å². The number of rotatable bonds is 4. The molecule has 0 saturated carbocycles. The summed E-state index contributed by atoms with van der Waals surface area (Å²) in [6.07, 6.45) is 3.28. The van der Waals surface area contributed by atoms with E-state index in [1.54, 1.807) is 32.4 Å². The van der Waals surface area contributed by atoms with Gasteiger partial charge in [-0.1, -0.05) is 0 Å². The number of anilines is 2. The van der Waals surface area contributed by atoms with Crippen molar-refractivity contribution in [1.29, 1.82) is 0 Å². The quantitative estimate of drug-likeness (QED) is 0.658. The molecular weight excluding hydrogens is 248 g/mol. The molecule has 2 rings (SSSR count). The Morgan fingerprint density at radius 1 is 1.42 bits per heavy atom. The maximum atomic E-state index is 11.4. The van der Waals surface area contributed by atoms with Crippen LogP contribution in [0, 0.1) is 0 Å². The SMILES string of the molecule is CNC(=O)C(C)Nc1nc(N)nc(-n2cccn2)n1. The lowest BCUT2D eigenvalue weighted by atomic mass is 10.3. The van der Waals surface area contributed by atoms with Crippen molar-refractivity contribution in [1.82, 2.24) is 30.0 Å². The number of hydrogen-bond acceptors (Lipinski definition) is 7. The lowest BCUT2D eigenvalue weighted by molar-refractivity contribution is -0.121. The van der Waals surface area contributed by atoms with Gasteiger partial charge in [-0.3, -0.25) is 4.79 Å². The average molecular weight is 262 g/mol. The standard InChI is InChI=1S/C10H14N8O/c1-6(7(19)12-2)14-9-15-8(11)16-10(17-9)18-5-3-4-13-18/h3-6H,1-2H3,(H,12,19)(H3,11,14,15,16,17). The van der Waals surface area contributed by atoms with Crippen LogP contribution >= 0.6 is 0 Å². The number of carbonyl (C=O) groups is 1. The van der Waals surface area contributed by atoms with Gasteiger partial charge in [0.05, 0.1) is 0 Å². The Hall–Kier alpha value is -2.71. The highest BCUT2D eigenvalue weighted by Crippen LogP contribution is 2.07. The van der Waals surface area contributed by atoms with Crippen LogP contribution in [0.2, 0.25) is 0 Å². The number of hydrogen-bond donors (Lipinski definition) is 3. The van der Waals surface area contributed by atoms with Crippen LogP contribution in [0.4, 0.5) is 11.9 Å². The summed E-state index contributed by atoms with van der Waals surface area (Å²) in [5.41, 5.74) is 5.61. The van der Waals surface area contributed by atoms with Crippen LogP contribution in [0.25, 0.3) is 5.95 Å². The minimum absolute atomic E-state index is 0.0482. The molecule has 0 aromatic carbocycles. The fraction of sp³-hybridized carbons (Fsp3) is 0.300. The molecule has 19 heavy (non-hydrogen) atoms. The maximum Gasteiger partial charge on any atom is 0.257 e. The molecule has 2 aromatic heterocycles. The van der Waals surface area contributed by atoms with E-state index in [2.05, 4.69) is 30.7 Å². The lowest BCUT2D eigenvalue weighted by Gasteiger charge is -2.12. The van der Waals surface area contributed by atoms with E-state index in [4.69, 9.17) is 5.73 Å². The van der Waals surface area contributed by atoms with E-state index in [1.807, 2.05) is 0 Å². The summed E-state index contributed by atoms with van der Waals surface area (Å²) < 4.78 is 1.45. The summed E-state index contributed by atoms with van der Waals surface area (Å²) in [5.74, 6) is 0.366. The third kappa shape index (κ3) is 2.94. The second kappa shape index (κ2) is 5.29. The number of amides is 1. The first-order chi connectivity index (χ1) is 9.10. The van der Waals surface area contributed by atoms with Crippen molar-refractivity contribution in [2.75, 3.05) is 18.1 Å². The van der Waals surface area contributed by atoms with Crippen molar-refractivity contribution in [3.8, 4) is 5.95 Å². The Bertz CT molecular complexity index is 567. The third-order valence-electron chi connectivity index (χ3n) is 2.34. The predicted octanol–water partition coefficient (Wildman–Crippen LogP) is -0.814. The Morgan fingerprint density at radius 2 is 2.21 bits per heavy atom. The van der Waals surface area contributed by atoms with Gasteiger partial charge < -0.3 is 16.4 Å². The largest absolute Gasteiger partial charge is 0.368 e. The molecular formula is C10H14N8O. The van der Waals surface area contributed by atoms with E-state index in [0.29, 0.717) is 0 Å². The van der Waals surface area contributed by atoms with Crippen molar-refractivity contribution >= 4 is 17.8 Å². The summed E-state index contributed by atoms with van der Waals surface area (Å²) >= 11 is 0. The fourth-order valence-corrected chi connectivity index (χ4v) is 1.41. The maximum absolute atomic E-state index is 11.4. The number of likely N-dealkylation sites (N-methyl/N-ethyl adjacent to an activating group) is 1. The van der Waals surface area contributed by atoms with Gasteiger partial charge in [-0.2, -0.15) is 20.1 Å². The minimum Gasteiger partial charge on any atom is -0.368 e. The summed E-state index contributed by atoms with van der Waals surface area (Å²) in [7, 11) is 1.55. The van der Waals surface area contributed by atoms with Crippen LogP contribution in [-0.2, 0) is 4.79 Å². The summed E-state index contributed by atoms with van der Waals surface area (Å²) in [6.45, 7) is 1.69. The van der Waals surface area contributed by atoms with Crippen LogP contribution in [0.1, 0.15) is 6.92 Å². The van der Waals surface area contributed by atoms with E-state index in [1.165, 1.54) is 4.68 Å². The third-order valence-corrected chi connectivity index (χ3v) is 2.34. The van der Waals surface area contributed by atoms with Crippen molar-refractivity contribution in [2.45, 2.75) is 13.0 Å². The van der Waals surface area contributed by atoms with E-state index in [0.717, 1.165) is 0 Å². The van der Waals surface area contributed by atoms with Crippen molar-refractivity contribution in [3.63, 3.8) is 0 Å². The van der Waals surface area contributed by atoms with Gasteiger partial charge in [-0.25, -0.2) is 4.68 Å². The minimum atomic E-state index is -0.489. The lowest BCUT2D eigenvalue weighted by Crippen LogP contribution is -2.35. The van der Waals surface area contributed by atoms with E-state index in [-0.39, 0.29) is 23.8 Å². The molecule has 1 amide bonds. The second-order valence-electron chi connectivity index (χ2n) is 3.75. The number of nitrogen functional groups attached to an aromatic ring is 1. The topological polar surface area (TPSA) is 124 Å². The van der Waals surface area contributed by atoms with Crippen LogP contribution < -0.4 is 16.4 Å². The first-order valence-corrected chi connectivity index (χ1v) is 5.60. The molecule has 4 N–H and O–H groups in total. The molecule has 0 bridgehead atoms. The Morgan fingerprint density at radius 3 is 2.84 bits per heavy atom. The highest BCUT2D eigenvalue weighted by molar-refractivity contribution is 5.83. The van der Waals surface area contributed by atoms with Crippen molar-refractivity contribution in [3.05, 3.63) is 18.5 Å². The summed E-state index contributed by atoms with van der Waals surface area (Å²) in [4.78, 5) is 23.4. The van der Waals surface area contributed by atoms with E-state index < -0.39 is 6.04 Å². The molecule has 0 saturated heterocycles. The molecule has 1 atom stereocenters. The van der Waals surface area contributed by atoms with Gasteiger partial charge in [0.2, 0.25) is 17.8 Å². The van der Waals surface area contributed by atoms with Crippen LogP contribution in [-0.4, -0.2) is 43.7 Å². The van der Waals surface area contributed by atoms with E-state index in [9.17, 15) is 4.79 Å². The molecule has 1 unspecified atom stereocenters. The monoisotopic (exact) mass is 262 g/mol. The second-order valence-corrected chi connectivity index (χ2v) is 3.75. The Balaban J connectivity index is 2.25. The fourth-order valence-electron chi connectivity index (χ4n) is 1.41. The van der Waals surface area contributed by atoms with Gasteiger partial charge >= 0.3 is 0 Å². The number of nitrogens with two attached hydrogens (primary N) is 1. The zero-order chi connectivity index (χ0) is 13.8. The molecule has 0 radical (unpaired) electrons. The number of aromatic nitrogens is 5. The van der Waals surface area contributed by atoms with Gasteiger partial charge in [-0.15, -0.1) is 0 Å². The molecule has 100 valence electrons. The van der Waals surface area contributed by atoms with Gasteiger partial charge in [0.15, 0.2) is 0 Å². The summed E-state index contributed by atoms with van der Waals surface area (Å²) in [6, 6.07) is 1.25. The van der Waals surface area contributed by atoms with Gasteiger partial charge in [0.1, 0.15) is 6.04 Å². The first-order valence-electron chi connectivity index (χ1n) is 5.60. The zero-order valence-corrected chi connectivity index (χ0v) is 10.5. The van der Waals surface area contributed by atoms with Gasteiger partial charge in [0, 0.05) is 19.4 Å². The van der Waals surface area contributed by atoms with Gasteiger partial charge in [0.25, 0.3) is 5.95 Å². The van der Waals surface area contributed by atoms with Crippen LogP contribution in [0.3, 0.4) is 0 Å². The number of nitrogens with zero attached hydrogens (tertiary/aromatic N) is 5. The van der Waals surface area contributed by atoms with Crippen molar-refractivity contribution in [2.24, 2.45) is 0 Å². The molecule has 9 heteroatoms. The molecule has 0 fully saturated rings. The molecule has 2 aromatic rings. The molecule has 2 heterocycles. The normalized spacial score (nSPS) is 11.9. The highest BCUT2D eigenvalue weighted by atomic mass is 16.2. The van der Waals surface area contributed by atoms with Gasteiger partial charge in [-0.05, 0) is 13.0 Å². The molecule has 0 spiro atoms. The Kier molecular flexibility index (Phi) is 3.55.